The number of amides is 3. The lowest BCUT2D eigenvalue weighted by Gasteiger charge is -2.19. The van der Waals surface area contributed by atoms with Gasteiger partial charge in [0.15, 0.2) is 11.5 Å². The molecule has 3 amide bonds. The third kappa shape index (κ3) is 5.15. The summed E-state index contributed by atoms with van der Waals surface area (Å²) in [4.78, 5) is 39.8. The number of nitrogens with zero attached hydrogens (tertiary/aromatic N) is 2. The zero-order valence-electron chi connectivity index (χ0n) is 20.9. The molecule has 0 spiro atoms. The van der Waals surface area contributed by atoms with Crippen molar-refractivity contribution in [3.05, 3.63) is 92.9 Å². The normalized spacial score (nSPS) is 15.8. The molecule has 6 rings (SSSR count). The van der Waals surface area contributed by atoms with Crippen LogP contribution in [0.25, 0.3) is 17.0 Å². The number of imide groups is 1. The summed E-state index contributed by atoms with van der Waals surface area (Å²) in [7, 11) is 0. The number of carbonyl (C=O) groups excluding carboxylic acids is 3. The van der Waals surface area contributed by atoms with Gasteiger partial charge in [-0.25, -0.2) is 0 Å². The predicted octanol–water partition coefficient (Wildman–Crippen LogP) is 6.44. The number of carbonyl (C=O) groups is 3. The molecule has 0 unspecified atom stereocenters. The average Bonchev–Trinajstić information content (AvgIpc) is 3.42. The van der Waals surface area contributed by atoms with E-state index in [0.29, 0.717) is 47.0 Å². The summed E-state index contributed by atoms with van der Waals surface area (Å²) in [6, 6.07) is 18.1. The highest BCUT2D eigenvalue weighted by molar-refractivity contribution is 8.18. The zero-order valence-corrected chi connectivity index (χ0v) is 23.2. The van der Waals surface area contributed by atoms with E-state index in [1.807, 2.05) is 35.0 Å². The fourth-order valence-electron chi connectivity index (χ4n) is 4.62. The fraction of sp³-hybridized carbons (Fsp3) is 0.138. The standard InChI is InChI=1S/C29H21Cl2N3O5S/c30-21-5-3-6-22(31)20(21)15-33-14-17(19-4-1-2-7-23(19)33)12-26-28(36)34(29(37)40-26)16-27(35)32-18-8-9-24-25(13-18)39-11-10-38-24/h1-9,12-14H,10-11,15-16H2,(H,32,35)/b26-12-. The monoisotopic (exact) mass is 593 g/mol. The minimum atomic E-state index is -0.529. The van der Waals surface area contributed by atoms with Crippen molar-refractivity contribution in [2.45, 2.75) is 6.54 Å². The summed E-state index contributed by atoms with van der Waals surface area (Å²) in [5.74, 6) is 0.0810. The Morgan fingerprint density at radius 2 is 1.73 bits per heavy atom. The van der Waals surface area contributed by atoms with Crippen molar-refractivity contribution in [1.29, 1.82) is 0 Å². The maximum absolute atomic E-state index is 13.2. The Bertz CT molecular complexity index is 1700. The van der Waals surface area contributed by atoms with Gasteiger partial charge in [0, 0.05) is 50.0 Å². The van der Waals surface area contributed by atoms with Crippen molar-refractivity contribution in [2.75, 3.05) is 25.1 Å². The molecule has 2 aliphatic rings. The van der Waals surface area contributed by atoms with E-state index in [0.717, 1.165) is 38.7 Å². The van der Waals surface area contributed by atoms with E-state index >= 15 is 0 Å². The number of aromatic nitrogens is 1. The van der Waals surface area contributed by atoms with Crippen LogP contribution in [0.15, 0.2) is 71.8 Å². The zero-order chi connectivity index (χ0) is 27.8. The third-order valence-electron chi connectivity index (χ3n) is 6.50. The van der Waals surface area contributed by atoms with Gasteiger partial charge >= 0.3 is 0 Å². The van der Waals surface area contributed by atoms with Gasteiger partial charge in [-0.2, -0.15) is 0 Å². The molecular weight excluding hydrogens is 573 g/mol. The van der Waals surface area contributed by atoms with E-state index in [-0.39, 0.29) is 4.91 Å². The maximum Gasteiger partial charge on any atom is 0.294 e. The Morgan fingerprint density at radius 3 is 2.52 bits per heavy atom. The van der Waals surface area contributed by atoms with Crippen LogP contribution >= 0.6 is 35.0 Å². The second kappa shape index (κ2) is 10.9. The van der Waals surface area contributed by atoms with Crippen LogP contribution in [0.3, 0.4) is 0 Å². The smallest absolute Gasteiger partial charge is 0.294 e. The highest BCUT2D eigenvalue weighted by Crippen LogP contribution is 2.36. The molecule has 202 valence electrons. The van der Waals surface area contributed by atoms with Crippen LogP contribution in [0.4, 0.5) is 10.5 Å². The number of fused-ring (bicyclic) bond motifs is 2. The van der Waals surface area contributed by atoms with E-state index in [4.69, 9.17) is 32.7 Å². The summed E-state index contributed by atoms with van der Waals surface area (Å²) in [6.45, 7) is 0.888. The fourth-order valence-corrected chi connectivity index (χ4v) is 5.96. The van der Waals surface area contributed by atoms with Crippen molar-refractivity contribution >= 4 is 74.7 Å². The average molecular weight is 594 g/mol. The molecule has 0 aliphatic carbocycles. The lowest BCUT2D eigenvalue weighted by molar-refractivity contribution is -0.127. The molecule has 1 saturated heterocycles. The number of hydrogen-bond acceptors (Lipinski definition) is 6. The van der Waals surface area contributed by atoms with E-state index in [1.165, 1.54) is 0 Å². The minimum absolute atomic E-state index is 0.232. The highest BCUT2D eigenvalue weighted by atomic mass is 35.5. The highest BCUT2D eigenvalue weighted by Gasteiger charge is 2.36. The lowest BCUT2D eigenvalue weighted by atomic mass is 10.1. The number of para-hydroxylation sites is 1. The Morgan fingerprint density at radius 1 is 0.975 bits per heavy atom. The molecule has 1 fully saturated rings. The lowest BCUT2D eigenvalue weighted by Crippen LogP contribution is -2.36. The van der Waals surface area contributed by atoms with Crippen LogP contribution in [-0.2, 0) is 16.1 Å². The number of anilines is 1. The molecule has 40 heavy (non-hydrogen) atoms. The van der Waals surface area contributed by atoms with Gasteiger partial charge in [-0.3, -0.25) is 19.3 Å². The summed E-state index contributed by atoms with van der Waals surface area (Å²) >= 11 is 13.6. The maximum atomic E-state index is 13.2. The van der Waals surface area contributed by atoms with E-state index in [1.54, 1.807) is 42.5 Å². The number of ether oxygens (including phenoxy) is 2. The van der Waals surface area contributed by atoms with E-state index < -0.39 is 23.6 Å². The van der Waals surface area contributed by atoms with Crippen LogP contribution in [0.5, 0.6) is 11.5 Å². The molecule has 3 aromatic carbocycles. The first kappa shape index (κ1) is 26.3. The van der Waals surface area contributed by atoms with Gasteiger partial charge in [-0.1, -0.05) is 47.5 Å². The molecule has 0 atom stereocenters. The number of benzene rings is 3. The molecule has 1 aromatic heterocycles. The number of rotatable bonds is 6. The van der Waals surface area contributed by atoms with Gasteiger partial charge in [0.05, 0.1) is 11.4 Å². The van der Waals surface area contributed by atoms with Gasteiger partial charge in [0.1, 0.15) is 19.8 Å². The Kier molecular flexibility index (Phi) is 7.18. The first-order valence-corrected chi connectivity index (χ1v) is 13.9. The van der Waals surface area contributed by atoms with Crippen LogP contribution in [0, 0.1) is 0 Å². The largest absolute Gasteiger partial charge is 0.486 e. The Labute approximate surface area is 243 Å². The molecule has 1 N–H and O–H groups in total. The summed E-state index contributed by atoms with van der Waals surface area (Å²) in [6.07, 6.45) is 3.57. The van der Waals surface area contributed by atoms with Gasteiger partial charge in [-0.05, 0) is 48.2 Å². The SMILES string of the molecule is O=C(CN1C(=O)S/C(=C\c2cn(Cc3c(Cl)cccc3Cl)c3ccccc23)C1=O)Nc1ccc2c(c1)OCCO2. The first-order chi connectivity index (χ1) is 19.4. The third-order valence-corrected chi connectivity index (χ3v) is 8.11. The van der Waals surface area contributed by atoms with Crippen molar-refractivity contribution < 1.29 is 23.9 Å². The summed E-state index contributed by atoms with van der Waals surface area (Å²) in [5, 5.41) is 4.21. The second-order valence-corrected chi connectivity index (χ2v) is 10.9. The Balaban J connectivity index is 1.21. The van der Waals surface area contributed by atoms with Gasteiger partial charge in [0.2, 0.25) is 5.91 Å². The number of nitrogens with one attached hydrogen (secondary N) is 1. The first-order valence-electron chi connectivity index (χ1n) is 12.3. The summed E-state index contributed by atoms with van der Waals surface area (Å²) < 4.78 is 13.0. The predicted molar refractivity (Wildman–Crippen MR) is 156 cm³/mol. The molecule has 0 bridgehead atoms. The van der Waals surface area contributed by atoms with Crippen LogP contribution < -0.4 is 14.8 Å². The van der Waals surface area contributed by atoms with Gasteiger partial charge in [0.25, 0.3) is 11.1 Å². The molecule has 0 radical (unpaired) electrons. The van der Waals surface area contributed by atoms with Gasteiger partial charge in [-0.15, -0.1) is 0 Å². The number of halogens is 2. The quantitative estimate of drug-likeness (QED) is 0.259. The molecule has 3 heterocycles. The molecule has 4 aromatic rings. The summed E-state index contributed by atoms with van der Waals surface area (Å²) in [5.41, 5.74) is 2.93. The van der Waals surface area contributed by atoms with Crippen molar-refractivity contribution in [2.24, 2.45) is 0 Å². The van der Waals surface area contributed by atoms with Crippen molar-refractivity contribution in [3.8, 4) is 11.5 Å². The van der Waals surface area contributed by atoms with Crippen molar-refractivity contribution in [3.63, 3.8) is 0 Å². The number of hydrogen-bond donors (Lipinski definition) is 1. The van der Waals surface area contributed by atoms with Crippen LogP contribution in [-0.4, -0.2) is 46.3 Å². The number of thioether (sulfide) groups is 1. The topological polar surface area (TPSA) is 89.9 Å². The minimum Gasteiger partial charge on any atom is -0.486 e. The molecule has 11 heteroatoms. The van der Waals surface area contributed by atoms with Crippen LogP contribution in [0.1, 0.15) is 11.1 Å². The van der Waals surface area contributed by atoms with E-state index in [9.17, 15) is 14.4 Å². The second-order valence-electron chi connectivity index (χ2n) is 9.10. The van der Waals surface area contributed by atoms with Crippen molar-refractivity contribution in [1.82, 2.24) is 9.47 Å². The molecule has 2 aliphatic heterocycles. The molecular formula is C29H21Cl2N3O5S. The Hall–Kier alpha value is -3.92. The van der Waals surface area contributed by atoms with E-state index in [2.05, 4.69) is 5.32 Å². The van der Waals surface area contributed by atoms with Gasteiger partial charge < -0.3 is 19.4 Å². The molecule has 0 saturated carbocycles. The van der Waals surface area contributed by atoms with Crippen LogP contribution in [0.2, 0.25) is 10.0 Å². The molecule has 8 nitrogen and oxygen atoms in total.